The molecule has 29 heavy (non-hydrogen) atoms. The zero-order valence-electron chi connectivity index (χ0n) is 16.6. The highest BCUT2D eigenvalue weighted by Crippen LogP contribution is 2.44. The van der Waals surface area contributed by atoms with E-state index >= 15 is 0 Å². The van der Waals surface area contributed by atoms with Crippen LogP contribution in [0.15, 0.2) is 42.7 Å². The molecule has 8 heteroatoms. The van der Waals surface area contributed by atoms with Crippen molar-refractivity contribution in [2.75, 3.05) is 26.1 Å². The van der Waals surface area contributed by atoms with Crippen molar-refractivity contribution in [3.63, 3.8) is 0 Å². The largest absolute Gasteiger partial charge is 0.493 e. The molecule has 0 spiro atoms. The molecule has 3 aromatic rings. The van der Waals surface area contributed by atoms with Gasteiger partial charge < -0.3 is 19.5 Å². The highest BCUT2D eigenvalue weighted by Gasteiger charge is 2.32. The third-order valence-corrected chi connectivity index (χ3v) is 5.38. The number of methoxy groups -OCH3 is 2. The molecule has 2 aromatic carbocycles. The van der Waals surface area contributed by atoms with Crippen LogP contribution < -0.4 is 19.5 Å². The molecule has 0 unspecified atom stereocenters. The average Bonchev–Trinajstić information content (AvgIpc) is 3.22. The minimum absolute atomic E-state index is 0.000726. The number of ether oxygens (including phenoxy) is 3. The minimum atomic E-state index is -0.0749. The van der Waals surface area contributed by atoms with Crippen molar-refractivity contribution in [2.24, 2.45) is 0 Å². The molecule has 0 amide bonds. The molecule has 0 aliphatic carbocycles. The maximum absolute atomic E-state index is 6.42. The molecule has 0 radical (unpaired) electrons. The van der Waals surface area contributed by atoms with Gasteiger partial charge in [0.05, 0.1) is 37.9 Å². The van der Waals surface area contributed by atoms with Crippen molar-refractivity contribution in [1.82, 2.24) is 14.8 Å². The molecule has 0 fully saturated rings. The van der Waals surface area contributed by atoms with Crippen LogP contribution in [-0.2, 0) is 0 Å². The molecular formula is C21H23ClN4O3. The molecule has 1 aromatic heterocycles. The van der Waals surface area contributed by atoms with Crippen LogP contribution in [0, 0.1) is 0 Å². The molecule has 2 heterocycles. The van der Waals surface area contributed by atoms with Crippen LogP contribution in [0.3, 0.4) is 0 Å². The SMILES string of the molecule is CCOc1ccc([C@@H]2C[C@@H](c3cccc(OC)c3OC)n3ncnc3N2)cc1Cl. The van der Waals surface area contributed by atoms with Gasteiger partial charge in [-0.3, -0.25) is 0 Å². The van der Waals surface area contributed by atoms with E-state index in [1.807, 2.05) is 48.0 Å². The number of hydrogen-bond donors (Lipinski definition) is 1. The highest BCUT2D eigenvalue weighted by molar-refractivity contribution is 6.32. The second-order valence-corrected chi connectivity index (χ2v) is 7.09. The summed E-state index contributed by atoms with van der Waals surface area (Å²) in [5, 5.41) is 8.48. The Labute approximate surface area is 174 Å². The van der Waals surface area contributed by atoms with E-state index in [1.54, 1.807) is 20.5 Å². The second-order valence-electron chi connectivity index (χ2n) is 6.68. The molecule has 152 valence electrons. The Morgan fingerprint density at radius 2 is 2.03 bits per heavy atom. The smallest absolute Gasteiger partial charge is 0.222 e. The number of hydrogen-bond acceptors (Lipinski definition) is 6. The van der Waals surface area contributed by atoms with Crippen molar-refractivity contribution in [3.05, 3.63) is 58.9 Å². The molecule has 7 nitrogen and oxygen atoms in total. The molecule has 0 saturated heterocycles. The van der Waals surface area contributed by atoms with Gasteiger partial charge in [0, 0.05) is 5.56 Å². The number of halogens is 1. The lowest BCUT2D eigenvalue weighted by molar-refractivity contribution is 0.338. The van der Waals surface area contributed by atoms with Gasteiger partial charge in [0.2, 0.25) is 5.95 Å². The van der Waals surface area contributed by atoms with E-state index in [4.69, 9.17) is 25.8 Å². The summed E-state index contributed by atoms with van der Waals surface area (Å²) in [6, 6.07) is 11.7. The number of nitrogens with one attached hydrogen (secondary N) is 1. The summed E-state index contributed by atoms with van der Waals surface area (Å²) in [6.45, 7) is 2.51. The van der Waals surface area contributed by atoms with Crippen molar-refractivity contribution in [3.8, 4) is 17.2 Å². The quantitative estimate of drug-likeness (QED) is 0.640. The van der Waals surface area contributed by atoms with Gasteiger partial charge in [-0.05, 0) is 37.1 Å². The number of benzene rings is 2. The Balaban J connectivity index is 1.73. The van der Waals surface area contributed by atoms with Gasteiger partial charge in [0.25, 0.3) is 0 Å². The first-order chi connectivity index (χ1) is 14.2. The number of aromatic nitrogens is 3. The monoisotopic (exact) mass is 414 g/mol. The summed E-state index contributed by atoms with van der Waals surface area (Å²) < 4.78 is 18.6. The molecule has 2 atom stereocenters. The molecule has 4 rings (SSSR count). The molecular weight excluding hydrogens is 392 g/mol. The second kappa shape index (κ2) is 8.21. The maximum Gasteiger partial charge on any atom is 0.222 e. The molecule has 1 aliphatic heterocycles. The first-order valence-corrected chi connectivity index (χ1v) is 9.83. The lowest BCUT2D eigenvalue weighted by atomic mass is 9.92. The van der Waals surface area contributed by atoms with Crippen molar-refractivity contribution < 1.29 is 14.2 Å². The fourth-order valence-corrected chi connectivity index (χ4v) is 4.02. The van der Waals surface area contributed by atoms with Gasteiger partial charge in [0.1, 0.15) is 12.1 Å². The number of rotatable bonds is 6. The summed E-state index contributed by atoms with van der Waals surface area (Å²) in [7, 11) is 3.28. The summed E-state index contributed by atoms with van der Waals surface area (Å²) in [5.41, 5.74) is 2.04. The fourth-order valence-electron chi connectivity index (χ4n) is 3.78. The van der Waals surface area contributed by atoms with Gasteiger partial charge in [-0.2, -0.15) is 10.1 Å². The van der Waals surface area contributed by atoms with Crippen LogP contribution in [0.5, 0.6) is 17.2 Å². The third kappa shape index (κ3) is 3.58. The predicted molar refractivity (Wildman–Crippen MR) is 111 cm³/mol. The lowest BCUT2D eigenvalue weighted by Crippen LogP contribution is -2.28. The van der Waals surface area contributed by atoms with Gasteiger partial charge in [-0.25, -0.2) is 4.68 Å². The zero-order chi connectivity index (χ0) is 20.4. The van der Waals surface area contributed by atoms with Crippen LogP contribution in [0.2, 0.25) is 5.02 Å². The van der Waals surface area contributed by atoms with E-state index in [-0.39, 0.29) is 12.1 Å². The van der Waals surface area contributed by atoms with Crippen molar-refractivity contribution in [2.45, 2.75) is 25.4 Å². The van der Waals surface area contributed by atoms with Gasteiger partial charge in [0.15, 0.2) is 11.5 Å². The van der Waals surface area contributed by atoms with Crippen LogP contribution in [0.4, 0.5) is 5.95 Å². The van der Waals surface area contributed by atoms with E-state index in [0.29, 0.717) is 34.8 Å². The van der Waals surface area contributed by atoms with Crippen LogP contribution in [-0.4, -0.2) is 35.6 Å². The molecule has 1 aliphatic rings. The summed E-state index contributed by atoms with van der Waals surface area (Å²) >= 11 is 6.42. The maximum atomic E-state index is 6.42. The fraction of sp³-hybridized carbons (Fsp3) is 0.333. The van der Waals surface area contributed by atoms with Crippen LogP contribution >= 0.6 is 11.6 Å². The molecule has 1 N–H and O–H groups in total. The number of para-hydroxylation sites is 1. The van der Waals surface area contributed by atoms with E-state index in [1.165, 1.54) is 0 Å². The minimum Gasteiger partial charge on any atom is -0.493 e. The summed E-state index contributed by atoms with van der Waals surface area (Å²) in [4.78, 5) is 4.39. The Morgan fingerprint density at radius 1 is 1.17 bits per heavy atom. The Bertz CT molecular complexity index is 1010. The normalized spacial score (nSPS) is 17.9. The summed E-state index contributed by atoms with van der Waals surface area (Å²) in [5.74, 6) is 2.77. The number of anilines is 1. The Morgan fingerprint density at radius 3 is 2.76 bits per heavy atom. The van der Waals surface area contributed by atoms with E-state index in [2.05, 4.69) is 15.4 Å². The average molecular weight is 415 g/mol. The van der Waals surface area contributed by atoms with Gasteiger partial charge >= 0.3 is 0 Å². The zero-order valence-corrected chi connectivity index (χ0v) is 17.3. The predicted octanol–water partition coefficient (Wildman–Crippen LogP) is 4.49. The highest BCUT2D eigenvalue weighted by atomic mass is 35.5. The van der Waals surface area contributed by atoms with Crippen LogP contribution in [0.25, 0.3) is 0 Å². The lowest BCUT2D eigenvalue weighted by Gasteiger charge is -2.32. The third-order valence-electron chi connectivity index (χ3n) is 5.08. The molecule has 0 bridgehead atoms. The van der Waals surface area contributed by atoms with Gasteiger partial charge in [-0.15, -0.1) is 0 Å². The number of fused-ring (bicyclic) bond motifs is 1. The topological polar surface area (TPSA) is 70.4 Å². The van der Waals surface area contributed by atoms with E-state index in [0.717, 1.165) is 17.5 Å². The van der Waals surface area contributed by atoms with Crippen LogP contribution in [0.1, 0.15) is 36.6 Å². The number of nitrogens with zero attached hydrogens (tertiary/aromatic N) is 3. The van der Waals surface area contributed by atoms with Crippen molar-refractivity contribution in [1.29, 1.82) is 0 Å². The standard InChI is InChI=1S/C21H23ClN4O3/c1-4-29-18-9-8-13(10-15(18)22)16-11-17(26-21(25-16)23-12-24-26)14-6-5-7-19(27-2)20(14)28-3/h5-10,12,16-17H,4,11H2,1-3H3,(H,23,24,25)/t16-,17-/m0/s1. The van der Waals surface area contributed by atoms with E-state index in [9.17, 15) is 0 Å². The first kappa shape index (κ1) is 19.4. The van der Waals surface area contributed by atoms with Crippen molar-refractivity contribution >= 4 is 17.5 Å². The van der Waals surface area contributed by atoms with E-state index < -0.39 is 0 Å². The Kier molecular flexibility index (Phi) is 5.49. The molecule has 0 saturated carbocycles. The summed E-state index contributed by atoms with van der Waals surface area (Å²) in [6.07, 6.45) is 2.29. The van der Waals surface area contributed by atoms with Gasteiger partial charge in [-0.1, -0.05) is 29.8 Å². The Hall–Kier alpha value is -2.93. The first-order valence-electron chi connectivity index (χ1n) is 9.45.